The van der Waals surface area contributed by atoms with Gasteiger partial charge >= 0.3 is 12.1 Å². The second-order valence-corrected chi connectivity index (χ2v) is 11.4. The molecule has 3 aromatic rings. The zero-order valence-electron chi connectivity index (χ0n) is 27.1. The molecule has 0 aromatic heterocycles. The lowest BCUT2D eigenvalue weighted by molar-refractivity contribution is -0.147. The van der Waals surface area contributed by atoms with Crippen LogP contribution in [0.3, 0.4) is 0 Å². The SMILES string of the molecule is C=CC[C@H](CC(=O)N[C@H](CO)Cc1ccccc1)C(=O)N[C@@H](COC(=O)[C@@H](CC=C)NC(=O)OCc1ccccc1)Cc1ccccc1. The molecule has 0 aliphatic heterocycles. The number of allylic oxidation sites excluding steroid dienone is 1. The van der Waals surface area contributed by atoms with Gasteiger partial charge < -0.3 is 30.5 Å². The first-order valence-corrected chi connectivity index (χ1v) is 15.9. The zero-order chi connectivity index (χ0) is 34.6. The summed E-state index contributed by atoms with van der Waals surface area (Å²) in [5, 5.41) is 18.1. The summed E-state index contributed by atoms with van der Waals surface area (Å²) in [6.07, 6.45) is 3.26. The number of aliphatic hydroxyl groups is 1. The second kappa shape index (κ2) is 20.8. The molecular weight excluding hydrogens is 610 g/mol. The largest absolute Gasteiger partial charge is 0.462 e. The molecule has 0 saturated heterocycles. The Balaban J connectivity index is 1.62. The van der Waals surface area contributed by atoms with E-state index in [1.807, 2.05) is 91.0 Å². The molecule has 0 spiro atoms. The van der Waals surface area contributed by atoms with Gasteiger partial charge in [-0.25, -0.2) is 9.59 Å². The minimum atomic E-state index is -1.05. The lowest BCUT2D eigenvalue weighted by atomic mass is 9.98. The normalized spacial score (nSPS) is 13.1. The number of amides is 3. The minimum absolute atomic E-state index is 0.0330. The van der Waals surface area contributed by atoms with Crippen LogP contribution >= 0.6 is 0 Å². The molecule has 0 fully saturated rings. The molecule has 3 amide bonds. The fourth-order valence-electron chi connectivity index (χ4n) is 4.99. The monoisotopic (exact) mass is 655 g/mol. The molecule has 3 aromatic carbocycles. The van der Waals surface area contributed by atoms with E-state index in [9.17, 15) is 24.3 Å². The van der Waals surface area contributed by atoms with Gasteiger partial charge in [-0.1, -0.05) is 103 Å². The molecular formula is C38H45N3O7. The smallest absolute Gasteiger partial charge is 0.408 e. The van der Waals surface area contributed by atoms with Crippen molar-refractivity contribution in [1.29, 1.82) is 0 Å². The van der Waals surface area contributed by atoms with Gasteiger partial charge in [-0.3, -0.25) is 9.59 Å². The van der Waals surface area contributed by atoms with Crippen LogP contribution in [-0.4, -0.2) is 60.3 Å². The number of ether oxygens (including phenoxy) is 2. The number of aliphatic hydroxyl groups excluding tert-OH is 1. The van der Waals surface area contributed by atoms with Crippen LogP contribution in [0.1, 0.15) is 36.0 Å². The van der Waals surface area contributed by atoms with Crippen molar-refractivity contribution in [3.05, 3.63) is 133 Å². The summed E-state index contributed by atoms with van der Waals surface area (Å²) in [6.45, 7) is 7.00. The molecule has 0 radical (unpaired) electrons. The Hall–Kier alpha value is -5.22. The Morgan fingerprint density at radius 2 is 1.23 bits per heavy atom. The molecule has 0 heterocycles. The Labute approximate surface area is 282 Å². The van der Waals surface area contributed by atoms with Crippen LogP contribution in [0.25, 0.3) is 0 Å². The van der Waals surface area contributed by atoms with Crippen molar-refractivity contribution in [2.75, 3.05) is 13.2 Å². The number of rotatable bonds is 20. The molecule has 4 atom stereocenters. The number of carbonyl (C=O) groups excluding carboxylic acids is 4. The first kappa shape index (κ1) is 37.2. The number of nitrogens with one attached hydrogen (secondary N) is 3. The molecule has 0 bridgehead atoms. The van der Waals surface area contributed by atoms with Crippen molar-refractivity contribution in [2.45, 2.75) is 56.8 Å². The Morgan fingerprint density at radius 3 is 1.77 bits per heavy atom. The van der Waals surface area contributed by atoms with Gasteiger partial charge in [0, 0.05) is 6.42 Å². The predicted octanol–water partition coefficient (Wildman–Crippen LogP) is 4.43. The van der Waals surface area contributed by atoms with Crippen molar-refractivity contribution < 1.29 is 33.8 Å². The molecule has 254 valence electrons. The first-order valence-electron chi connectivity index (χ1n) is 15.9. The van der Waals surface area contributed by atoms with Crippen LogP contribution in [0, 0.1) is 5.92 Å². The van der Waals surface area contributed by atoms with Crippen LogP contribution < -0.4 is 16.0 Å². The lowest BCUT2D eigenvalue weighted by Gasteiger charge is -2.24. The van der Waals surface area contributed by atoms with E-state index in [4.69, 9.17) is 9.47 Å². The van der Waals surface area contributed by atoms with Crippen LogP contribution in [0.2, 0.25) is 0 Å². The molecule has 0 unspecified atom stereocenters. The number of alkyl carbamates (subject to hydrolysis) is 1. The summed E-state index contributed by atoms with van der Waals surface area (Å²) >= 11 is 0. The highest BCUT2D eigenvalue weighted by Crippen LogP contribution is 2.13. The Kier molecular flexibility index (Phi) is 16.1. The van der Waals surface area contributed by atoms with Gasteiger partial charge in [-0.2, -0.15) is 0 Å². The van der Waals surface area contributed by atoms with Crippen molar-refractivity contribution in [3.63, 3.8) is 0 Å². The number of esters is 1. The van der Waals surface area contributed by atoms with Gasteiger partial charge in [0.1, 0.15) is 19.3 Å². The van der Waals surface area contributed by atoms with Crippen molar-refractivity contribution >= 4 is 23.9 Å². The summed E-state index contributed by atoms with van der Waals surface area (Å²) in [5.74, 6) is -2.25. The first-order chi connectivity index (χ1) is 23.3. The minimum Gasteiger partial charge on any atom is -0.462 e. The van der Waals surface area contributed by atoms with Crippen LogP contribution in [0.4, 0.5) is 4.79 Å². The summed E-state index contributed by atoms with van der Waals surface area (Å²) < 4.78 is 10.9. The van der Waals surface area contributed by atoms with Crippen molar-refractivity contribution in [3.8, 4) is 0 Å². The van der Waals surface area contributed by atoms with Crippen molar-refractivity contribution in [1.82, 2.24) is 16.0 Å². The van der Waals surface area contributed by atoms with E-state index < -0.39 is 42.0 Å². The van der Waals surface area contributed by atoms with Gasteiger partial charge in [0.25, 0.3) is 0 Å². The van der Waals surface area contributed by atoms with Gasteiger partial charge in [0.2, 0.25) is 11.8 Å². The third kappa shape index (κ3) is 13.6. The van der Waals surface area contributed by atoms with E-state index in [0.29, 0.717) is 12.8 Å². The molecule has 3 rings (SSSR count). The number of hydrogen-bond acceptors (Lipinski definition) is 7. The van der Waals surface area contributed by atoms with E-state index in [2.05, 4.69) is 29.1 Å². The maximum absolute atomic E-state index is 13.5. The van der Waals surface area contributed by atoms with Crippen LogP contribution in [-0.2, 0) is 43.3 Å². The number of carbonyl (C=O) groups is 4. The highest BCUT2D eigenvalue weighted by Gasteiger charge is 2.27. The van der Waals surface area contributed by atoms with E-state index in [1.165, 1.54) is 6.08 Å². The quantitative estimate of drug-likeness (QED) is 0.104. The standard InChI is InChI=1S/C38H45N3O7/c1-3-14-31(24-35(43)39-32(25-42)22-28-16-8-5-9-17-28)36(44)40-33(23-29-18-10-6-11-19-29)27-47-37(45)34(15-4-2)41-38(46)48-26-30-20-12-7-13-21-30/h3-13,16-21,31-34,42H,1-2,14-15,22-27H2,(H,39,43)(H,40,44)(H,41,46)/t31-,32+,33-,34-/m1/s1. The molecule has 0 saturated carbocycles. The summed E-state index contributed by atoms with van der Waals surface area (Å²) in [6, 6.07) is 25.8. The van der Waals surface area contributed by atoms with E-state index in [1.54, 1.807) is 6.08 Å². The van der Waals surface area contributed by atoms with Crippen molar-refractivity contribution in [2.24, 2.45) is 5.92 Å². The van der Waals surface area contributed by atoms with Gasteiger partial charge in [-0.15, -0.1) is 13.2 Å². The average Bonchev–Trinajstić information content (AvgIpc) is 3.10. The van der Waals surface area contributed by atoms with Crippen LogP contribution in [0.15, 0.2) is 116 Å². The zero-order valence-corrected chi connectivity index (χ0v) is 27.1. The van der Waals surface area contributed by atoms with Crippen LogP contribution in [0.5, 0.6) is 0 Å². The molecule has 0 aliphatic rings. The predicted molar refractivity (Wildman–Crippen MR) is 183 cm³/mol. The maximum atomic E-state index is 13.5. The fourth-order valence-corrected chi connectivity index (χ4v) is 4.99. The third-order valence-corrected chi connectivity index (χ3v) is 7.45. The lowest BCUT2D eigenvalue weighted by Crippen LogP contribution is -2.47. The number of hydrogen-bond donors (Lipinski definition) is 4. The third-order valence-electron chi connectivity index (χ3n) is 7.45. The second-order valence-electron chi connectivity index (χ2n) is 11.4. The van der Waals surface area contributed by atoms with E-state index in [-0.39, 0.29) is 45.0 Å². The topological polar surface area (TPSA) is 143 Å². The molecule has 10 nitrogen and oxygen atoms in total. The fraction of sp³-hybridized carbons (Fsp3) is 0.316. The van der Waals surface area contributed by atoms with E-state index in [0.717, 1.165) is 16.7 Å². The molecule has 0 aliphatic carbocycles. The maximum Gasteiger partial charge on any atom is 0.408 e. The number of benzene rings is 3. The Bertz CT molecular complexity index is 1450. The summed E-state index contributed by atoms with van der Waals surface area (Å²) in [5.41, 5.74) is 2.65. The molecule has 48 heavy (non-hydrogen) atoms. The summed E-state index contributed by atoms with van der Waals surface area (Å²) in [7, 11) is 0. The molecule has 10 heteroatoms. The van der Waals surface area contributed by atoms with E-state index >= 15 is 0 Å². The van der Waals surface area contributed by atoms with Gasteiger partial charge in [0.15, 0.2) is 0 Å². The highest BCUT2D eigenvalue weighted by molar-refractivity contribution is 5.86. The summed E-state index contributed by atoms with van der Waals surface area (Å²) in [4.78, 5) is 52.0. The molecule has 4 N–H and O–H groups in total. The average molecular weight is 656 g/mol. The Morgan fingerprint density at radius 1 is 0.688 bits per heavy atom. The highest BCUT2D eigenvalue weighted by atomic mass is 16.6. The van der Waals surface area contributed by atoms with Gasteiger partial charge in [-0.05, 0) is 42.4 Å². The van der Waals surface area contributed by atoms with Gasteiger partial charge in [0.05, 0.1) is 24.6 Å².